The van der Waals surface area contributed by atoms with Gasteiger partial charge in [-0.05, 0) is 13.8 Å². The van der Waals surface area contributed by atoms with E-state index in [9.17, 15) is 10.1 Å². The molecule has 2 rings (SSSR count). The highest BCUT2D eigenvalue weighted by Crippen LogP contribution is 2.27. The van der Waals surface area contributed by atoms with Crippen molar-refractivity contribution in [1.29, 1.82) is 0 Å². The summed E-state index contributed by atoms with van der Waals surface area (Å²) in [5.74, 6) is 0.487. The average molecular weight is 293 g/mol. The largest absolute Gasteiger partial charge is 0.491 e. The molecule has 0 radical (unpaired) electrons. The quantitative estimate of drug-likeness (QED) is 0.652. The molecule has 1 heterocycles. The molecule has 0 spiro atoms. The fraction of sp³-hybridized carbons (Fsp3) is 0.308. The van der Waals surface area contributed by atoms with E-state index in [0.29, 0.717) is 18.0 Å². The monoisotopic (exact) mass is 293 g/mol. The molecule has 0 fully saturated rings. The first-order valence-corrected chi connectivity index (χ1v) is 7.00. The zero-order valence-electron chi connectivity index (χ0n) is 11.2. The maximum absolute atomic E-state index is 10.9. The summed E-state index contributed by atoms with van der Waals surface area (Å²) in [7, 11) is 0. The third-order valence-corrected chi connectivity index (χ3v) is 3.20. The molecule has 0 atom stereocenters. The van der Waals surface area contributed by atoms with E-state index < -0.39 is 4.92 Å². The number of hydrogen-bond acceptors (Lipinski definition) is 6. The minimum Gasteiger partial charge on any atom is -0.491 e. The number of rotatable bonds is 6. The Balaban J connectivity index is 2.17. The first-order valence-electron chi connectivity index (χ1n) is 6.12. The number of nitro benzene ring substituents is 1. The van der Waals surface area contributed by atoms with E-state index in [-0.39, 0.29) is 11.8 Å². The number of benzene rings is 1. The fourth-order valence-electron chi connectivity index (χ4n) is 1.65. The van der Waals surface area contributed by atoms with Gasteiger partial charge in [0.2, 0.25) is 0 Å². The van der Waals surface area contributed by atoms with Gasteiger partial charge in [-0.25, -0.2) is 0 Å². The molecular weight excluding hydrogens is 278 g/mol. The number of non-ortho nitro benzene ring substituents is 1. The Labute approximate surface area is 120 Å². The second-order valence-electron chi connectivity index (χ2n) is 4.46. The third kappa shape index (κ3) is 3.92. The molecule has 6 nitrogen and oxygen atoms in total. The number of ether oxygens (including phenoxy) is 1. The minimum atomic E-state index is -0.426. The molecule has 0 saturated carbocycles. The van der Waals surface area contributed by atoms with Gasteiger partial charge in [0.1, 0.15) is 5.75 Å². The summed E-state index contributed by atoms with van der Waals surface area (Å²) in [6.45, 7) is 4.33. The van der Waals surface area contributed by atoms with Crippen molar-refractivity contribution in [3.8, 4) is 5.75 Å². The molecule has 0 saturated heterocycles. The van der Waals surface area contributed by atoms with Gasteiger partial charge in [-0.2, -0.15) is 0 Å². The summed E-state index contributed by atoms with van der Waals surface area (Å²) in [5.41, 5.74) is 2.41. The second kappa shape index (κ2) is 6.33. The molecule has 106 valence electrons. The van der Waals surface area contributed by atoms with Gasteiger partial charge in [-0.3, -0.25) is 15.1 Å². The Kier molecular flexibility index (Phi) is 4.52. The van der Waals surface area contributed by atoms with Crippen LogP contribution in [-0.2, 0) is 6.54 Å². The molecule has 2 aromatic rings. The van der Waals surface area contributed by atoms with Gasteiger partial charge in [0, 0.05) is 28.9 Å². The second-order valence-corrected chi connectivity index (χ2v) is 5.43. The van der Waals surface area contributed by atoms with E-state index in [1.165, 1.54) is 23.5 Å². The number of nitro groups is 1. The lowest BCUT2D eigenvalue weighted by Crippen LogP contribution is -2.06. The molecule has 1 N–H and O–H groups in total. The molecule has 20 heavy (non-hydrogen) atoms. The highest BCUT2D eigenvalue weighted by atomic mass is 32.1. The van der Waals surface area contributed by atoms with Crippen molar-refractivity contribution in [2.24, 2.45) is 0 Å². The molecule has 0 amide bonds. The Hall–Kier alpha value is -2.15. The van der Waals surface area contributed by atoms with E-state index in [0.717, 1.165) is 4.88 Å². The highest BCUT2D eigenvalue weighted by Gasteiger charge is 2.11. The van der Waals surface area contributed by atoms with E-state index in [4.69, 9.17) is 4.74 Å². The van der Waals surface area contributed by atoms with Crippen LogP contribution in [0.25, 0.3) is 0 Å². The SMILES string of the molecule is CC(C)Oc1cc(NCc2cncs2)cc([N+](=O)[O-])c1. The molecular formula is C13H15N3O3S. The van der Waals surface area contributed by atoms with Gasteiger partial charge in [0.25, 0.3) is 5.69 Å². The van der Waals surface area contributed by atoms with Crippen LogP contribution in [-0.4, -0.2) is 16.0 Å². The van der Waals surface area contributed by atoms with Crippen molar-refractivity contribution >= 4 is 22.7 Å². The molecule has 0 aliphatic carbocycles. The number of thiazole rings is 1. The van der Waals surface area contributed by atoms with Crippen LogP contribution in [0.3, 0.4) is 0 Å². The molecule has 0 aliphatic heterocycles. The fourth-order valence-corrected chi connectivity index (χ4v) is 2.18. The molecule has 1 aromatic carbocycles. The Bertz CT molecular complexity index is 585. The van der Waals surface area contributed by atoms with Crippen molar-refractivity contribution in [3.05, 3.63) is 44.9 Å². The van der Waals surface area contributed by atoms with E-state index in [2.05, 4.69) is 10.3 Å². The van der Waals surface area contributed by atoms with Gasteiger partial charge >= 0.3 is 0 Å². The summed E-state index contributed by atoms with van der Waals surface area (Å²) in [6, 6.07) is 4.68. The minimum absolute atomic E-state index is 0.00922. The van der Waals surface area contributed by atoms with Crippen LogP contribution in [0.2, 0.25) is 0 Å². The first-order chi connectivity index (χ1) is 9.54. The Morgan fingerprint density at radius 2 is 2.25 bits per heavy atom. The summed E-state index contributed by atoms with van der Waals surface area (Å²) < 4.78 is 5.53. The van der Waals surface area contributed by atoms with Crippen molar-refractivity contribution < 1.29 is 9.66 Å². The van der Waals surface area contributed by atoms with E-state index >= 15 is 0 Å². The Morgan fingerprint density at radius 1 is 1.45 bits per heavy atom. The predicted octanol–water partition coefficient (Wildman–Crippen LogP) is 3.45. The maximum Gasteiger partial charge on any atom is 0.275 e. The van der Waals surface area contributed by atoms with Crippen molar-refractivity contribution in [2.45, 2.75) is 26.5 Å². The molecule has 0 bridgehead atoms. The normalized spacial score (nSPS) is 10.6. The predicted molar refractivity (Wildman–Crippen MR) is 78.3 cm³/mol. The number of nitrogens with one attached hydrogen (secondary N) is 1. The maximum atomic E-state index is 10.9. The number of aromatic nitrogens is 1. The lowest BCUT2D eigenvalue weighted by atomic mass is 10.2. The third-order valence-electron chi connectivity index (χ3n) is 2.42. The van der Waals surface area contributed by atoms with Gasteiger partial charge in [-0.15, -0.1) is 11.3 Å². The van der Waals surface area contributed by atoms with Crippen LogP contribution in [0, 0.1) is 10.1 Å². The van der Waals surface area contributed by atoms with Crippen LogP contribution >= 0.6 is 11.3 Å². The average Bonchev–Trinajstić information content (AvgIpc) is 2.88. The van der Waals surface area contributed by atoms with Crippen LogP contribution < -0.4 is 10.1 Å². The summed E-state index contributed by atoms with van der Waals surface area (Å²) in [4.78, 5) is 15.6. The molecule has 7 heteroatoms. The summed E-state index contributed by atoms with van der Waals surface area (Å²) in [6.07, 6.45) is 1.73. The van der Waals surface area contributed by atoms with Crippen molar-refractivity contribution in [2.75, 3.05) is 5.32 Å². The molecule has 1 aromatic heterocycles. The van der Waals surface area contributed by atoms with Crippen LogP contribution in [0.1, 0.15) is 18.7 Å². The van der Waals surface area contributed by atoms with Gasteiger partial charge in [-0.1, -0.05) is 0 Å². The zero-order chi connectivity index (χ0) is 14.5. The summed E-state index contributed by atoms with van der Waals surface area (Å²) in [5, 5.41) is 14.1. The molecule has 0 aliphatic rings. The van der Waals surface area contributed by atoms with Crippen LogP contribution in [0.15, 0.2) is 29.9 Å². The van der Waals surface area contributed by atoms with Crippen molar-refractivity contribution in [1.82, 2.24) is 4.98 Å². The topological polar surface area (TPSA) is 77.3 Å². The summed E-state index contributed by atoms with van der Waals surface area (Å²) >= 11 is 1.53. The first kappa shape index (κ1) is 14.3. The van der Waals surface area contributed by atoms with Gasteiger partial charge in [0.15, 0.2) is 0 Å². The smallest absolute Gasteiger partial charge is 0.275 e. The lowest BCUT2D eigenvalue weighted by molar-refractivity contribution is -0.384. The Morgan fingerprint density at radius 3 is 2.85 bits per heavy atom. The lowest BCUT2D eigenvalue weighted by Gasteiger charge is -2.12. The van der Waals surface area contributed by atoms with E-state index in [1.54, 1.807) is 17.8 Å². The molecule has 0 unspecified atom stereocenters. The van der Waals surface area contributed by atoms with Gasteiger partial charge in [0.05, 0.1) is 29.1 Å². The zero-order valence-corrected chi connectivity index (χ0v) is 12.0. The standard InChI is InChI=1S/C13H15N3O3S/c1-9(2)19-12-4-10(3-11(5-12)16(17)18)15-7-13-6-14-8-20-13/h3-6,8-9,15H,7H2,1-2H3. The van der Waals surface area contributed by atoms with Crippen LogP contribution in [0.4, 0.5) is 11.4 Å². The van der Waals surface area contributed by atoms with Crippen molar-refractivity contribution in [3.63, 3.8) is 0 Å². The number of anilines is 1. The van der Waals surface area contributed by atoms with E-state index in [1.807, 2.05) is 13.8 Å². The van der Waals surface area contributed by atoms with Gasteiger partial charge < -0.3 is 10.1 Å². The number of hydrogen-bond donors (Lipinski definition) is 1. The van der Waals surface area contributed by atoms with Crippen LogP contribution in [0.5, 0.6) is 5.75 Å². The highest BCUT2D eigenvalue weighted by molar-refractivity contribution is 7.09. The number of nitrogens with zero attached hydrogens (tertiary/aromatic N) is 2.